The summed E-state index contributed by atoms with van der Waals surface area (Å²) >= 11 is 0. The van der Waals surface area contributed by atoms with Crippen molar-refractivity contribution in [2.75, 3.05) is 0 Å². The standard InChI is InChI=1S/2C6H14.4C5H12/c2*1-4-5-6(2)3;4*1-4-5(2)3/h2*6H,4-5H2,1-3H3;4*5H,4H2,1-3H3. The van der Waals surface area contributed by atoms with Gasteiger partial charge in [0.1, 0.15) is 0 Å². The molecule has 0 unspecified atom stereocenters. The lowest BCUT2D eigenvalue weighted by Crippen LogP contribution is -1.81. The van der Waals surface area contributed by atoms with E-state index >= 15 is 0 Å². The Labute approximate surface area is 211 Å². The molecule has 0 atom stereocenters. The van der Waals surface area contributed by atoms with Crippen LogP contribution in [0.5, 0.6) is 0 Å². The fourth-order valence-corrected chi connectivity index (χ4v) is 1.15. The molecule has 0 aromatic rings. The first-order chi connectivity index (χ1) is 14.6. The second kappa shape index (κ2) is 41.3. The Morgan fingerprint density at radius 3 is 0.406 bits per heavy atom. The molecular formula is C32H76. The molecule has 0 saturated carbocycles. The maximum atomic E-state index is 2.25. The van der Waals surface area contributed by atoms with Crippen molar-refractivity contribution in [3.63, 3.8) is 0 Å². The van der Waals surface area contributed by atoms with E-state index in [1.54, 1.807) is 0 Å². The van der Waals surface area contributed by atoms with E-state index in [1.165, 1.54) is 51.4 Å². The van der Waals surface area contributed by atoms with E-state index in [-0.39, 0.29) is 0 Å². The largest absolute Gasteiger partial charge is 0.0654 e. The van der Waals surface area contributed by atoms with Gasteiger partial charge in [-0.2, -0.15) is 0 Å². The van der Waals surface area contributed by atoms with Gasteiger partial charge < -0.3 is 0 Å². The van der Waals surface area contributed by atoms with E-state index in [0.29, 0.717) is 0 Å². The summed E-state index contributed by atoms with van der Waals surface area (Å²) in [6, 6.07) is 0. The van der Waals surface area contributed by atoms with Crippen LogP contribution in [0.25, 0.3) is 0 Å². The van der Waals surface area contributed by atoms with Crippen molar-refractivity contribution >= 4 is 0 Å². The van der Waals surface area contributed by atoms with Crippen LogP contribution in [-0.2, 0) is 0 Å². The highest BCUT2D eigenvalue weighted by atomic mass is 13.9. The molecule has 0 spiro atoms. The van der Waals surface area contributed by atoms with Gasteiger partial charge in [0.15, 0.2) is 0 Å². The Kier molecular flexibility index (Phi) is 58.7. The first kappa shape index (κ1) is 45.5. The molecule has 0 aliphatic rings. The van der Waals surface area contributed by atoms with Crippen molar-refractivity contribution in [1.29, 1.82) is 0 Å². The van der Waals surface area contributed by atoms with Crippen LogP contribution in [0.2, 0.25) is 0 Å². The van der Waals surface area contributed by atoms with Crippen LogP contribution in [0.3, 0.4) is 0 Å². The van der Waals surface area contributed by atoms with Crippen LogP contribution in [0.4, 0.5) is 0 Å². The third-order valence-corrected chi connectivity index (χ3v) is 5.00. The van der Waals surface area contributed by atoms with Crippen molar-refractivity contribution in [1.82, 2.24) is 0 Å². The molecule has 0 heterocycles. The van der Waals surface area contributed by atoms with E-state index in [4.69, 9.17) is 0 Å². The van der Waals surface area contributed by atoms with E-state index in [2.05, 4.69) is 125 Å². The minimum absolute atomic E-state index is 0.884. The van der Waals surface area contributed by atoms with Gasteiger partial charge in [-0.05, 0) is 35.5 Å². The maximum absolute atomic E-state index is 2.25. The lowest BCUT2D eigenvalue weighted by atomic mass is 10.1. The summed E-state index contributed by atoms with van der Waals surface area (Å²) in [5.74, 6) is 5.33. The topological polar surface area (TPSA) is 0 Å². The number of rotatable bonds is 8. The SMILES string of the molecule is CCC(C)C.CCC(C)C.CCC(C)C.CCC(C)C.CCCC(C)C.CCCC(C)C. The van der Waals surface area contributed by atoms with Crippen LogP contribution in [-0.4, -0.2) is 0 Å². The van der Waals surface area contributed by atoms with Crippen molar-refractivity contribution in [3.8, 4) is 0 Å². The molecule has 0 saturated heterocycles. The van der Waals surface area contributed by atoms with Gasteiger partial charge in [0.05, 0.1) is 0 Å². The van der Waals surface area contributed by atoms with Gasteiger partial charge in [-0.15, -0.1) is 0 Å². The summed E-state index contributed by atoms with van der Waals surface area (Å²) in [5.41, 5.74) is 0. The first-order valence-corrected chi connectivity index (χ1v) is 14.6. The molecule has 0 N–H and O–H groups in total. The third-order valence-electron chi connectivity index (χ3n) is 5.00. The van der Waals surface area contributed by atoms with Gasteiger partial charge in [-0.3, -0.25) is 0 Å². The van der Waals surface area contributed by atoms with Crippen molar-refractivity contribution in [2.24, 2.45) is 35.5 Å². The molecule has 0 aromatic heterocycles. The Morgan fingerprint density at radius 1 is 0.281 bits per heavy atom. The molecule has 0 amide bonds. The molecule has 0 aliphatic carbocycles. The van der Waals surface area contributed by atoms with Crippen molar-refractivity contribution in [3.05, 3.63) is 0 Å². The Morgan fingerprint density at radius 2 is 0.406 bits per heavy atom. The lowest BCUT2D eigenvalue weighted by molar-refractivity contribution is 0.576. The highest BCUT2D eigenvalue weighted by molar-refractivity contribution is 4.39. The maximum Gasteiger partial charge on any atom is -0.0471 e. The summed E-state index contributed by atoms with van der Waals surface area (Å²) < 4.78 is 0. The smallest absolute Gasteiger partial charge is 0.0471 e. The second-order valence-electron chi connectivity index (χ2n) is 11.6. The predicted molar refractivity (Wildman–Crippen MR) is 160 cm³/mol. The van der Waals surface area contributed by atoms with Crippen molar-refractivity contribution in [2.45, 2.75) is 176 Å². The van der Waals surface area contributed by atoms with Gasteiger partial charge in [-0.25, -0.2) is 0 Å². The quantitative estimate of drug-likeness (QED) is 0.337. The average molecular weight is 461 g/mol. The third kappa shape index (κ3) is 129. The summed E-state index contributed by atoms with van der Waals surface area (Å²) in [6.07, 6.45) is 10.6. The molecule has 204 valence electrons. The fraction of sp³-hybridized carbons (Fsp3) is 1.00. The molecular weight excluding hydrogens is 384 g/mol. The van der Waals surface area contributed by atoms with E-state index in [0.717, 1.165) is 35.5 Å². The van der Waals surface area contributed by atoms with Gasteiger partial charge in [0.2, 0.25) is 0 Å². The molecule has 0 bridgehead atoms. The lowest BCUT2D eigenvalue weighted by Gasteiger charge is -1.95. The van der Waals surface area contributed by atoms with E-state index < -0.39 is 0 Å². The molecule has 0 heteroatoms. The van der Waals surface area contributed by atoms with E-state index in [9.17, 15) is 0 Å². The van der Waals surface area contributed by atoms with Crippen molar-refractivity contribution < 1.29 is 0 Å². The van der Waals surface area contributed by atoms with E-state index in [1.807, 2.05) is 0 Å². The van der Waals surface area contributed by atoms with Crippen LogP contribution in [0.15, 0.2) is 0 Å². The van der Waals surface area contributed by atoms with Gasteiger partial charge in [0.25, 0.3) is 0 Å². The zero-order chi connectivity index (χ0) is 27.1. The normalized spacial score (nSPS) is 9.75. The Balaban J connectivity index is -0.0000000635. The highest BCUT2D eigenvalue weighted by Gasteiger charge is 1.86. The highest BCUT2D eigenvalue weighted by Crippen LogP contribution is 2.01. The summed E-state index contributed by atoms with van der Waals surface area (Å²) in [6.45, 7) is 40.0. The van der Waals surface area contributed by atoms with Gasteiger partial charge in [-0.1, -0.05) is 176 Å². The Hall–Kier alpha value is 0. The average Bonchev–Trinajstić information content (AvgIpc) is 2.69. The molecule has 0 fully saturated rings. The van der Waals surface area contributed by atoms with Crippen LogP contribution in [0, 0.1) is 35.5 Å². The second-order valence-corrected chi connectivity index (χ2v) is 11.6. The summed E-state index contributed by atoms with van der Waals surface area (Å²) in [4.78, 5) is 0. The monoisotopic (exact) mass is 461 g/mol. The Bertz CT molecular complexity index is 190. The summed E-state index contributed by atoms with van der Waals surface area (Å²) in [5, 5.41) is 0. The van der Waals surface area contributed by atoms with Crippen LogP contribution >= 0.6 is 0 Å². The molecule has 0 aromatic carbocycles. The molecule has 0 nitrogen and oxygen atoms in total. The first-order valence-electron chi connectivity index (χ1n) is 14.6. The fourth-order valence-electron chi connectivity index (χ4n) is 1.15. The molecule has 0 radical (unpaired) electrons. The van der Waals surface area contributed by atoms with Gasteiger partial charge in [0, 0.05) is 0 Å². The minimum Gasteiger partial charge on any atom is -0.0654 e. The zero-order valence-electron chi connectivity index (χ0n) is 27.1. The number of hydrogen-bond donors (Lipinski definition) is 0. The minimum atomic E-state index is 0.884. The van der Waals surface area contributed by atoms with Crippen LogP contribution < -0.4 is 0 Å². The zero-order valence-corrected chi connectivity index (χ0v) is 27.1. The molecule has 0 aliphatic heterocycles. The predicted octanol–water partition coefficient (Wildman–Crippen LogP) is 13.1. The number of hydrogen-bond acceptors (Lipinski definition) is 0. The van der Waals surface area contributed by atoms with Gasteiger partial charge >= 0.3 is 0 Å². The molecule has 32 heavy (non-hydrogen) atoms. The summed E-state index contributed by atoms with van der Waals surface area (Å²) in [7, 11) is 0. The molecule has 0 rings (SSSR count). The van der Waals surface area contributed by atoms with Crippen LogP contribution in [0.1, 0.15) is 176 Å².